The van der Waals surface area contributed by atoms with E-state index in [-0.39, 0.29) is 5.91 Å². The fraction of sp³-hybridized carbons (Fsp3) is 0.316. The van der Waals surface area contributed by atoms with Crippen LogP contribution < -0.4 is 5.32 Å². The van der Waals surface area contributed by atoms with Gasteiger partial charge >= 0.3 is 0 Å². The molecule has 24 heavy (non-hydrogen) atoms. The van der Waals surface area contributed by atoms with Crippen LogP contribution in [0.3, 0.4) is 0 Å². The molecule has 3 nitrogen and oxygen atoms in total. The van der Waals surface area contributed by atoms with Gasteiger partial charge in [-0.05, 0) is 67.9 Å². The van der Waals surface area contributed by atoms with E-state index < -0.39 is 0 Å². The van der Waals surface area contributed by atoms with Crippen LogP contribution in [0.15, 0.2) is 57.9 Å². The van der Waals surface area contributed by atoms with Gasteiger partial charge in [0, 0.05) is 21.6 Å². The molecule has 1 fully saturated rings. The lowest BCUT2D eigenvalue weighted by atomic mass is 10.2. The fourth-order valence-electron chi connectivity index (χ4n) is 2.77. The third-order valence-electron chi connectivity index (χ3n) is 4.03. The number of halogens is 1. The summed E-state index contributed by atoms with van der Waals surface area (Å²) in [5.41, 5.74) is 2.17. The fourth-order valence-corrected chi connectivity index (χ4v) is 3.73. The van der Waals surface area contributed by atoms with Crippen LogP contribution in [-0.2, 0) is 11.3 Å². The number of carbonyl (C=O) groups is 1. The van der Waals surface area contributed by atoms with Crippen molar-refractivity contribution in [3.63, 3.8) is 0 Å². The van der Waals surface area contributed by atoms with E-state index in [1.807, 2.05) is 36.4 Å². The molecule has 0 bridgehead atoms. The zero-order valence-electron chi connectivity index (χ0n) is 13.5. The van der Waals surface area contributed by atoms with Gasteiger partial charge in [-0.2, -0.15) is 0 Å². The Morgan fingerprint density at radius 2 is 1.71 bits per heavy atom. The molecule has 1 saturated heterocycles. The summed E-state index contributed by atoms with van der Waals surface area (Å²) in [5.74, 6) is 0.437. The molecule has 0 aromatic heterocycles. The molecular formula is C19H21BrN2OS. The Bertz CT molecular complexity index is 667. The molecule has 0 aliphatic carbocycles. The quantitative estimate of drug-likeness (QED) is 0.703. The second-order valence-electron chi connectivity index (χ2n) is 5.97. The van der Waals surface area contributed by atoms with Gasteiger partial charge in [-0.3, -0.25) is 9.69 Å². The highest BCUT2D eigenvalue weighted by atomic mass is 79.9. The summed E-state index contributed by atoms with van der Waals surface area (Å²) in [6, 6.07) is 16.2. The average Bonchev–Trinajstić information content (AvgIpc) is 3.09. The molecule has 1 aliphatic heterocycles. The van der Waals surface area contributed by atoms with Crippen LogP contribution in [-0.4, -0.2) is 29.6 Å². The highest BCUT2D eigenvalue weighted by Gasteiger charge is 2.11. The molecule has 1 aliphatic rings. The molecule has 0 unspecified atom stereocenters. The Labute approximate surface area is 155 Å². The predicted molar refractivity (Wildman–Crippen MR) is 104 cm³/mol. The topological polar surface area (TPSA) is 32.3 Å². The molecule has 126 valence electrons. The molecule has 2 aromatic carbocycles. The van der Waals surface area contributed by atoms with Crippen molar-refractivity contribution < 1.29 is 4.79 Å². The first-order valence-corrected chi connectivity index (χ1v) is 9.96. The van der Waals surface area contributed by atoms with Crippen LogP contribution in [0, 0.1) is 0 Å². The smallest absolute Gasteiger partial charge is 0.234 e. The normalized spacial score (nSPS) is 14.7. The lowest BCUT2D eigenvalue weighted by Gasteiger charge is -2.14. The lowest BCUT2D eigenvalue weighted by Crippen LogP contribution is -2.18. The highest BCUT2D eigenvalue weighted by Crippen LogP contribution is 2.21. The first-order valence-electron chi connectivity index (χ1n) is 8.18. The summed E-state index contributed by atoms with van der Waals surface area (Å²) in [5, 5.41) is 2.96. The van der Waals surface area contributed by atoms with E-state index >= 15 is 0 Å². The van der Waals surface area contributed by atoms with Gasteiger partial charge in [0.2, 0.25) is 5.91 Å². The largest absolute Gasteiger partial charge is 0.325 e. The molecule has 3 rings (SSSR count). The minimum absolute atomic E-state index is 0.0233. The van der Waals surface area contributed by atoms with Gasteiger partial charge in [-0.1, -0.05) is 28.1 Å². The van der Waals surface area contributed by atoms with E-state index in [2.05, 4.69) is 38.3 Å². The van der Waals surface area contributed by atoms with Crippen molar-refractivity contribution in [3.8, 4) is 0 Å². The number of hydrogen-bond acceptors (Lipinski definition) is 3. The maximum atomic E-state index is 12.1. The number of thioether (sulfide) groups is 1. The third-order valence-corrected chi connectivity index (χ3v) is 5.57. The van der Waals surface area contributed by atoms with E-state index in [1.165, 1.54) is 31.5 Å². The number of amides is 1. The van der Waals surface area contributed by atoms with E-state index in [9.17, 15) is 4.79 Å². The number of carbonyl (C=O) groups excluding carboxylic acids is 1. The zero-order valence-corrected chi connectivity index (χ0v) is 15.9. The van der Waals surface area contributed by atoms with Crippen LogP contribution >= 0.6 is 27.7 Å². The number of hydrogen-bond donors (Lipinski definition) is 1. The first-order chi connectivity index (χ1) is 11.7. The van der Waals surface area contributed by atoms with Crippen molar-refractivity contribution in [3.05, 3.63) is 58.6 Å². The number of benzene rings is 2. The standard InChI is InChI=1S/C19H21BrN2OS/c20-16-5-9-18(10-6-16)24-14-19(23)21-17-7-3-15(4-8-17)13-22-11-1-2-12-22/h3-10H,1-2,11-14H2,(H,21,23). The molecule has 2 aromatic rings. The van der Waals surface area contributed by atoms with Crippen molar-refractivity contribution in [1.29, 1.82) is 0 Å². The Balaban J connectivity index is 1.46. The van der Waals surface area contributed by atoms with Crippen LogP contribution in [0.5, 0.6) is 0 Å². The molecule has 0 radical (unpaired) electrons. The summed E-state index contributed by atoms with van der Waals surface area (Å²) in [6.45, 7) is 3.41. The molecule has 0 atom stereocenters. The van der Waals surface area contributed by atoms with Gasteiger partial charge in [-0.25, -0.2) is 0 Å². The van der Waals surface area contributed by atoms with Crippen molar-refractivity contribution >= 4 is 39.3 Å². The summed E-state index contributed by atoms with van der Waals surface area (Å²) >= 11 is 4.95. The van der Waals surface area contributed by atoms with Crippen LogP contribution in [0.4, 0.5) is 5.69 Å². The van der Waals surface area contributed by atoms with Crippen molar-refractivity contribution in [2.24, 2.45) is 0 Å². The minimum atomic E-state index is 0.0233. The van der Waals surface area contributed by atoms with Gasteiger partial charge in [0.1, 0.15) is 0 Å². The lowest BCUT2D eigenvalue weighted by molar-refractivity contribution is -0.113. The Kier molecular flexibility index (Phi) is 6.35. The molecule has 1 heterocycles. The number of nitrogens with one attached hydrogen (secondary N) is 1. The maximum Gasteiger partial charge on any atom is 0.234 e. The first kappa shape index (κ1) is 17.5. The summed E-state index contributed by atoms with van der Waals surface area (Å²) in [6.07, 6.45) is 2.62. The van der Waals surface area contributed by atoms with E-state index in [0.717, 1.165) is 21.6 Å². The van der Waals surface area contributed by atoms with Crippen molar-refractivity contribution in [1.82, 2.24) is 4.90 Å². The van der Waals surface area contributed by atoms with Gasteiger partial charge in [-0.15, -0.1) is 11.8 Å². The number of likely N-dealkylation sites (tertiary alicyclic amines) is 1. The van der Waals surface area contributed by atoms with Crippen LogP contribution in [0.1, 0.15) is 18.4 Å². The predicted octanol–water partition coefficient (Wildman–Crippen LogP) is 4.78. The number of rotatable bonds is 6. The Morgan fingerprint density at radius 1 is 1.04 bits per heavy atom. The zero-order chi connectivity index (χ0) is 16.8. The average molecular weight is 405 g/mol. The molecular weight excluding hydrogens is 384 g/mol. The molecule has 0 saturated carbocycles. The Morgan fingerprint density at radius 3 is 2.38 bits per heavy atom. The molecule has 0 spiro atoms. The summed E-state index contributed by atoms with van der Waals surface area (Å²) in [4.78, 5) is 15.6. The van der Waals surface area contributed by atoms with Gasteiger partial charge in [0.05, 0.1) is 5.75 Å². The monoisotopic (exact) mass is 404 g/mol. The number of anilines is 1. The van der Waals surface area contributed by atoms with Gasteiger partial charge in [0.25, 0.3) is 0 Å². The van der Waals surface area contributed by atoms with Crippen molar-refractivity contribution in [2.75, 3.05) is 24.2 Å². The SMILES string of the molecule is O=C(CSc1ccc(Br)cc1)Nc1ccc(CN2CCCC2)cc1. The van der Waals surface area contributed by atoms with Crippen molar-refractivity contribution in [2.45, 2.75) is 24.3 Å². The third kappa shape index (κ3) is 5.36. The Hall–Kier alpha value is -1.30. The maximum absolute atomic E-state index is 12.1. The van der Waals surface area contributed by atoms with E-state index in [4.69, 9.17) is 0 Å². The molecule has 1 amide bonds. The van der Waals surface area contributed by atoms with Gasteiger partial charge in [0.15, 0.2) is 0 Å². The minimum Gasteiger partial charge on any atom is -0.325 e. The second kappa shape index (κ2) is 8.70. The molecule has 5 heteroatoms. The summed E-state index contributed by atoms with van der Waals surface area (Å²) < 4.78 is 1.05. The van der Waals surface area contributed by atoms with Crippen LogP contribution in [0.25, 0.3) is 0 Å². The highest BCUT2D eigenvalue weighted by molar-refractivity contribution is 9.10. The molecule has 1 N–H and O–H groups in total. The number of nitrogens with zero attached hydrogens (tertiary/aromatic N) is 1. The van der Waals surface area contributed by atoms with E-state index in [0.29, 0.717) is 5.75 Å². The van der Waals surface area contributed by atoms with E-state index in [1.54, 1.807) is 11.8 Å². The summed E-state index contributed by atoms with van der Waals surface area (Å²) in [7, 11) is 0. The van der Waals surface area contributed by atoms with Crippen LogP contribution in [0.2, 0.25) is 0 Å². The second-order valence-corrected chi connectivity index (χ2v) is 7.94. The van der Waals surface area contributed by atoms with Gasteiger partial charge < -0.3 is 5.32 Å².